The molecule has 2 atom stereocenters. The molecule has 0 saturated carbocycles. The Morgan fingerprint density at radius 3 is 2.13 bits per heavy atom. The van der Waals surface area contributed by atoms with Gasteiger partial charge in [-0.25, -0.2) is 8.42 Å². The molecule has 412 valence electrons. The molecule has 0 spiro atoms. The van der Waals surface area contributed by atoms with E-state index in [1.807, 2.05) is 100 Å². The predicted octanol–water partition coefficient (Wildman–Crippen LogP) is 12.9. The number of nitrogens with zero attached hydrogens (tertiary/aromatic N) is 3. The molecule has 5 aromatic carbocycles. The second-order valence-corrected chi connectivity index (χ2v) is 25.5. The highest BCUT2D eigenvalue weighted by atomic mass is 35.5. The molecule has 0 bridgehead atoms. The second-order valence-electron chi connectivity index (χ2n) is 19.6. The van der Waals surface area contributed by atoms with E-state index in [-0.39, 0.29) is 28.8 Å². The van der Waals surface area contributed by atoms with Crippen molar-refractivity contribution in [1.29, 1.82) is 0 Å². The number of piperazine rings is 1. The average Bonchev–Trinajstić information content (AvgIpc) is 3.42. The van der Waals surface area contributed by atoms with Crippen LogP contribution in [0.25, 0.3) is 11.1 Å². The van der Waals surface area contributed by atoms with Crippen LogP contribution >= 0.6 is 43.7 Å². The number of thioether (sulfide) groups is 1. The van der Waals surface area contributed by atoms with E-state index in [0.29, 0.717) is 41.8 Å². The molecule has 76 heavy (non-hydrogen) atoms. The van der Waals surface area contributed by atoms with E-state index in [2.05, 4.69) is 42.9 Å². The highest BCUT2D eigenvalue weighted by Crippen LogP contribution is 2.43. The molecule has 2 N–H and O–H groups in total. The Morgan fingerprint density at radius 1 is 0.842 bits per heavy atom. The van der Waals surface area contributed by atoms with Crippen LogP contribution in [0.3, 0.4) is 0 Å². The fraction of sp³-hybridized carbons (Fsp3) is 0.429. The highest BCUT2D eigenvalue weighted by Gasteiger charge is 2.48. The number of piperidine rings is 1. The van der Waals surface area contributed by atoms with Gasteiger partial charge in [0.05, 0.1) is 12.3 Å². The number of amides is 1. The molecule has 0 aliphatic carbocycles. The molecule has 2 unspecified atom stereocenters. The number of benzene rings is 5. The first-order valence-electron chi connectivity index (χ1n) is 25.3. The molecule has 2 saturated heterocycles. The quantitative estimate of drug-likeness (QED) is 0.0212. The van der Waals surface area contributed by atoms with Crippen LogP contribution in [0, 0.1) is 11.3 Å². The van der Waals surface area contributed by atoms with Crippen molar-refractivity contribution >= 4 is 77.1 Å². The zero-order valence-electron chi connectivity index (χ0n) is 43.8. The number of carbonyl (C=O) groups excluding carboxylic acids is 2. The van der Waals surface area contributed by atoms with Crippen LogP contribution in [0.1, 0.15) is 62.9 Å². The van der Waals surface area contributed by atoms with Crippen molar-refractivity contribution in [3.63, 3.8) is 0 Å². The van der Waals surface area contributed by atoms with Crippen LogP contribution in [0.15, 0.2) is 136 Å². The maximum atomic E-state index is 14.3. The predicted molar refractivity (Wildman–Crippen MR) is 304 cm³/mol. The number of halogens is 4. The van der Waals surface area contributed by atoms with Gasteiger partial charge in [0.2, 0.25) is 0 Å². The molecule has 2 aliphatic heterocycles. The number of likely N-dealkylation sites (tertiary alicyclic amines) is 1. The van der Waals surface area contributed by atoms with Gasteiger partial charge in [-0.15, -0.1) is 11.8 Å². The van der Waals surface area contributed by atoms with Crippen LogP contribution < -0.4 is 14.9 Å². The number of sulfone groups is 1. The van der Waals surface area contributed by atoms with Gasteiger partial charge < -0.3 is 33.7 Å². The van der Waals surface area contributed by atoms with E-state index >= 15 is 0 Å². The van der Waals surface area contributed by atoms with E-state index < -0.39 is 34.5 Å². The van der Waals surface area contributed by atoms with Crippen molar-refractivity contribution in [2.75, 3.05) is 88.5 Å². The lowest BCUT2D eigenvalue weighted by Gasteiger charge is -2.36. The van der Waals surface area contributed by atoms with E-state index in [1.54, 1.807) is 31.0 Å². The first-order valence-corrected chi connectivity index (χ1v) is 30.4. The molecule has 0 radical (unpaired) electrons. The zero-order chi connectivity index (χ0) is 54.7. The molecule has 12 nitrogen and oxygen atoms in total. The number of aldehydes is 1. The molecule has 2 aliphatic rings. The van der Waals surface area contributed by atoms with Gasteiger partial charge in [-0.3, -0.25) is 14.4 Å². The third-order valence-electron chi connectivity index (χ3n) is 12.6. The highest BCUT2D eigenvalue weighted by molar-refractivity contribution is 7.99. The number of hydrogen-bond donors (Lipinski definition) is 2. The number of rotatable bonds is 23. The van der Waals surface area contributed by atoms with Gasteiger partial charge in [0.1, 0.15) is 11.2 Å². The van der Waals surface area contributed by atoms with Gasteiger partial charge in [0.25, 0.3) is 15.7 Å². The summed E-state index contributed by atoms with van der Waals surface area (Å²) < 4.78 is 88.7. The number of hydrogen-bond acceptors (Lipinski definition) is 13. The molecule has 2 heterocycles. The summed E-state index contributed by atoms with van der Waals surface area (Å²) in [5.74, 6) is 0.439. The monoisotopic (exact) mass is 1140 g/mol. The van der Waals surface area contributed by atoms with E-state index in [0.717, 1.165) is 105 Å². The fourth-order valence-corrected chi connectivity index (χ4v) is 12.8. The summed E-state index contributed by atoms with van der Waals surface area (Å²) in [6.07, 6.45) is 4.23. The van der Waals surface area contributed by atoms with Crippen molar-refractivity contribution in [3.8, 4) is 11.1 Å². The molecular formula is C56H70ClF3N5O7PS3. The summed E-state index contributed by atoms with van der Waals surface area (Å²) >= 11 is 8.44. The van der Waals surface area contributed by atoms with Crippen LogP contribution in [-0.4, -0.2) is 120 Å². The Labute approximate surface area is 462 Å². The SMILES string of the molecule is CC(C)(C)C=O.CCOP(CC1CCN(CCC(CSc2ccccc2)Nc2ccc(SNC(=O)c3ccc(N4CCN(Cc5ccccc5-c5ccc(Cl)cc5)CC4)cc3)cc2S(=O)(=O)C(F)(F)F)CC1)OCOC. The molecule has 2 fully saturated rings. The Balaban J connectivity index is 0.00000147. The van der Waals surface area contributed by atoms with Crippen molar-refractivity contribution < 1.29 is 45.0 Å². The first-order chi connectivity index (χ1) is 36.3. The van der Waals surface area contributed by atoms with Crippen molar-refractivity contribution in [2.45, 2.75) is 79.7 Å². The lowest BCUT2D eigenvalue weighted by atomic mass is 9.98. The van der Waals surface area contributed by atoms with Crippen molar-refractivity contribution in [2.24, 2.45) is 11.3 Å². The van der Waals surface area contributed by atoms with Crippen LogP contribution in [-0.2, 0) is 35.0 Å². The third-order valence-corrected chi connectivity index (χ3v) is 18.1. The Morgan fingerprint density at radius 2 is 1.50 bits per heavy atom. The Hall–Kier alpha value is -4.20. The number of anilines is 2. The molecule has 20 heteroatoms. The summed E-state index contributed by atoms with van der Waals surface area (Å²) in [6, 6.07) is 36.6. The summed E-state index contributed by atoms with van der Waals surface area (Å²) in [4.78, 5) is 30.4. The molecule has 7 rings (SSSR count). The summed E-state index contributed by atoms with van der Waals surface area (Å²) in [5.41, 5.74) is -0.972. The lowest BCUT2D eigenvalue weighted by molar-refractivity contribution is -0.113. The minimum atomic E-state index is -5.79. The molecule has 1 amide bonds. The first kappa shape index (κ1) is 61.0. The minimum absolute atomic E-state index is 0.130. The van der Waals surface area contributed by atoms with Crippen molar-refractivity contribution in [3.05, 3.63) is 137 Å². The maximum Gasteiger partial charge on any atom is 0.501 e. The smallest absolute Gasteiger partial charge is 0.380 e. The maximum absolute atomic E-state index is 14.3. The van der Waals surface area contributed by atoms with Crippen LogP contribution in [0.4, 0.5) is 24.5 Å². The van der Waals surface area contributed by atoms with Gasteiger partial charge in [0.15, 0.2) is 15.2 Å². The average molecular weight is 1140 g/mol. The van der Waals surface area contributed by atoms with Gasteiger partial charge >= 0.3 is 5.51 Å². The number of nitrogens with one attached hydrogen (secondary N) is 2. The van der Waals surface area contributed by atoms with Gasteiger partial charge in [-0.1, -0.05) is 87.0 Å². The van der Waals surface area contributed by atoms with Gasteiger partial charge in [0, 0.05) is 95.8 Å². The van der Waals surface area contributed by atoms with Gasteiger partial charge in [-0.2, -0.15) is 13.2 Å². The Bertz CT molecular complexity index is 2690. The Kier molecular flexibility index (Phi) is 23.8. The summed E-state index contributed by atoms with van der Waals surface area (Å²) in [6.45, 7) is 14.8. The topological polar surface area (TPSA) is 130 Å². The number of carbonyl (C=O) groups is 2. The molecular weight excluding hydrogens is 1070 g/mol. The van der Waals surface area contributed by atoms with Gasteiger partial charge in [-0.05, 0) is 141 Å². The fourth-order valence-electron chi connectivity index (χ4n) is 8.47. The normalized spacial score (nSPS) is 15.8. The van der Waals surface area contributed by atoms with Crippen LogP contribution in [0.2, 0.25) is 5.02 Å². The van der Waals surface area contributed by atoms with Crippen LogP contribution in [0.5, 0.6) is 0 Å². The largest absolute Gasteiger partial charge is 0.501 e. The summed E-state index contributed by atoms with van der Waals surface area (Å²) in [7, 11) is -5.25. The molecule has 5 aromatic rings. The number of alkyl halides is 3. The van der Waals surface area contributed by atoms with E-state index in [9.17, 15) is 31.2 Å². The zero-order valence-corrected chi connectivity index (χ0v) is 47.9. The van der Waals surface area contributed by atoms with E-state index in [1.165, 1.54) is 23.3 Å². The van der Waals surface area contributed by atoms with Crippen molar-refractivity contribution in [1.82, 2.24) is 14.5 Å². The summed E-state index contributed by atoms with van der Waals surface area (Å²) in [5, 5.41) is 3.90. The third kappa shape index (κ3) is 19.0. The standard InChI is InChI=1S/C51H60ClF3N5O6PS3.C5H10O/c1-3-65-67(66-37-64-2)35-38-23-26-58(27-24-38)28-25-43(36-68-45-10-5-4-6-11-45)56-48-22-21-46(33-49(48)70(62,63)51(53,54)55)69-57-50(61)40-15-19-44(20-16-40)60-31-29-59(30-32-60)34-41-9-7-8-12-47(41)39-13-17-42(52)18-14-39;1-5(2,3)4-6/h4-22,33,38,43,56H,3,23-32,34-37H2,1-2H3,(H,57,61);4H,1-3H3. The number of ether oxygens (including phenoxy) is 1. The van der Waals surface area contributed by atoms with E-state index in [4.69, 9.17) is 25.4 Å². The number of methoxy groups -OCH3 is 1. The minimum Gasteiger partial charge on any atom is -0.380 e. The molecule has 0 aromatic heterocycles. The second kappa shape index (κ2) is 29.7. The lowest BCUT2D eigenvalue weighted by Crippen LogP contribution is -2.46.